The van der Waals surface area contributed by atoms with E-state index in [0.29, 0.717) is 35.1 Å². The fourth-order valence-electron chi connectivity index (χ4n) is 7.48. The molecule has 0 bridgehead atoms. The van der Waals surface area contributed by atoms with Gasteiger partial charge in [-0.2, -0.15) is 4.90 Å². The molecule has 60 heavy (non-hydrogen) atoms. The molecule has 4 aromatic carbocycles. The molecule has 0 aliphatic carbocycles. The Bertz CT molecular complexity index is 2350. The van der Waals surface area contributed by atoms with E-state index in [-0.39, 0.29) is 18.2 Å². The third-order valence-corrected chi connectivity index (χ3v) is 10.6. The van der Waals surface area contributed by atoms with Gasteiger partial charge in [-0.25, -0.2) is 14.6 Å². The maximum atomic E-state index is 13.8. The lowest BCUT2D eigenvalue weighted by molar-refractivity contribution is 0.0427. The van der Waals surface area contributed by atoms with Crippen LogP contribution in [0.4, 0.5) is 15.4 Å². The molecule has 0 spiro atoms. The maximum Gasteiger partial charge on any atom is 0.425 e. The zero-order valence-corrected chi connectivity index (χ0v) is 36.1. The Hall–Kier alpha value is -5.74. The van der Waals surface area contributed by atoms with E-state index in [1.165, 1.54) is 0 Å². The van der Waals surface area contributed by atoms with Gasteiger partial charge in [0.2, 0.25) is 0 Å². The van der Waals surface area contributed by atoms with Crippen molar-refractivity contribution >= 4 is 41.2 Å². The van der Waals surface area contributed by atoms with E-state index in [1.54, 1.807) is 72.0 Å². The molecule has 6 aromatic rings. The highest BCUT2D eigenvalue weighted by Crippen LogP contribution is 2.46. The van der Waals surface area contributed by atoms with Crippen LogP contribution < -0.4 is 9.64 Å². The number of aromatic nitrogens is 2. The van der Waals surface area contributed by atoms with E-state index in [9.17, 15) is 9.59 Å². The second-order valence-corrected chi connectivity index (χ2v) is 17.5. The van der Waals surface area contributed by atoms with Crippen LogP contribution in [0.2, 0.25) is 10.0 Å². The van der Waals surface area contributed by atoms with Crippen LogP contribution in [0.3, 0.4) is 0 Å². The van der Waals surface area contributed by atoms with Gasteiger partial charge in [-0.05, 0) is 99.7 Å². The van der Waals surface area contributed by atoms with Crippen molar-refractivity contribution in [2.75, 3.05) is 11.5 Å². The summed E-state index contributed by atoms with van der Waals surface area (Å²) in [5.74, 6) is 0.0684. The number of imide groups is 1. The van der Waals surface area contributed by atoms with Crippen molar-refractivity contribution in [2.45, 2.75) is 77.8 Å². The van der Waals surface area contributed by atoms with Gasteiger partial charge in [0.25, 0.3) is 0 Å². The first-order valence-corrected chi connectivity index (χ1v) is 20.6. The predicted molar refractivity (Wildman–Crippen MR) is 237 cm³/mol. The van der Waals surface area contributed by atoms with Crippen LogP contribution in [0, 0.1) is 0 Å². The van der Waals surface area contributed by atoms with Gasteiger partial charge in [-0.15, -0.1) is 0 Å². The van der Waals surface area contributed by atoms with Crippen LogP contribution in [-0.4, -0.2) is 44.9 Å². The number of fused-ring (bicyclic) bond motifs is 1. The second-order valence-electron chi connectivity index (χ2n) is 16.7. The first kappa shape index (κ1) is 42.4. The van der Waals surface area contributed by atoms with E-state index in [1.807, 2.05) is 24.4 Å². The number of halogens is 2. The molecule has 0 unspecified atom stereocenters. The SMILES string of the molecule is CC(C)(C)OC(=O)N(C(=O)OC(C)(C)C)c1ncc(-c2cnc3c(c2)CN(C(c2ccccc2)(c2ccccc2)c2ccccc2)C3)cc1OCCc1cc(Cl)ccc1Cl. The topological polar surface area (TPSA) is 94.1 Å². The first-order valence-electron chi connectivity index (χ1n) is 19.8. The lowest BCUT2D eigenvalue weighted by Crippen LogP contribution is -2.45. The Balaban J connectivity index is 1.29. The fourth-order valence-corrected chi connectivity index (χ4v) is 7.89. The second kappa shape index (κ2) is 17.5. The van der Waals surface area contributed by atoms with Crippen LogP contribution in [-0.2, 0) is 34.5 Å². The van der Waals surface area contributed by atoms with Crippen molar-refractivity contribution in [3.8, 4) is 16.9 Å². The zero-order chi connectivity index (χ0) is 42.7. The molecule has 0 saturated heterocycles. The third kappa shape index (κ3) is 9.34. The van der Waals surface area contributed by atoms with Gasteiger partial charge in [0.1, 0.15) is 11.2 Å². The quantitative estimate of drug-likeness (QED) is 0.126. The van der Waals surface area contributed by atoms with Crippen LogP contribution in [0.1, 0.15) is 75.1 Å². The molecule has 0 N–H and O–H groups in total. The molecule has 0 saturated carbocycles. The van der Waals surface area contributed by atoms with Crippen molar-refractivity contribution in [1.29, 1.82) is 0 Å². The number of anilines is 1. The number of hydrogen-bond donors (Lipinski definition) is 0. The molecule has 1 aliphatic heterocycles. The summed E-state index contributed by atoms with van der Waals surface area (Å²) in [5.41, 5.74) is 5.22. The molecule has 7 rings (SSSR count). The van der Waals surface area contributed by atoms with Gasteiger partial charge in [0, 0.05) is 53.1 Å². The van der Waals surface area contributed by atoms with E-state index >= 15 is 0 Å². The smallest absolute Gasteiger partial charge is 0.425 e. The van der Waals surface area contributed by atoms with Gasteiger partial charge < -0.3 is 14.2 Å². The van der Waals surface area contributed by atoms with Crippen LogP contribution in [0.15, 0.2) is 134 Å². The van der Waals surface area contributed by atoms with Gasteiger partial charge in [-0.1, -0.05) is 114 Å². The Morgan fingerprint density at radius 1 is 0.667 bits per heavy atom. The number of pyridine rings is 2. The van der Waals surface area contributed by atoms with Gasteiger partial charge in [0.05, 0.1) is 17.8 Å². The van der Waals surface area contributed by atoms with Gasteiger partial charge in [-0.3, -0.25) is 9.88 Å². The number of ether oxygens (including phenoxy) is 3. The molecule has 9 nitrogen and oxygen atoms in total. The molecule has 308 valence electrons. The summed E-state index contributed by atoms with van der Waals surface area (Å²) in [7, 11) is 0. The molecule has 2 amide bonds. The highest BCUT2D eigenvalue weighted by Gasteiger charge is 2.45. The zero-order valence-electron chi connectivity index (χ0n) is 34.6. The molecular formula is C49H48Cl2N4O5. The summed E-state index contributed by atoms with van der Waals surface area (Å²) in [6.07, 6.45) is 1.87. The molecule has 0 atom stereocenters. The van der Waals surface area contributed by atoms with Crippen molar-refractivity contribution in [3.63, 3.8) is 0 Å². The maximum absolute atomic E-state index is 13.8. The highest BCUT2D eigenvalue weighted by molar-refractivity contribution is 6.33. The number of hydrogen-bond acceptors (Lipinski definition) is 8. The van der Waals surface area contributed by atoms with Crippen LogP contribution in [0.25, 0.3) is 11.1 Å². The fraction of sp³-hybridized carbons (Fsp3) is 0.265. The minimum Gasteiger partial charge on any atom is -0.489 e. The molecule has 0 fully saturated rings. The van der Waals surface area contributed by atoms with Crippen LogP contribution in [0.5, 0.6) is 5.75 Å². The van der Waals surface area contributed by atoms with Gasteiger partial charge in [0.15, 0.2) is 11.6 Å². The third-order valence-electron chi connectivity index (χ3n) is 9.98. The number of rotatable bonds is 10. The van der Waals surface area contributed by atoms with E-state index < -0.39 is 28.9 Å². The monoisotopic (exact) mass is 842 g/mol. The number of amides is 2. The van der Waals surface area contributed by atoms with Crippen LogP contribution >= 0.6 is 23.2 Å². The summed E-state index contributed by atoms with van der Waals surface area (Å²) < 4.78 is 17.8. The molecular weight excluding hydrogens is 795 g/mol. The first-order chi connectivity index (χ1) is 28.6. The number of carbonyl (C=O) groups is 2. The summed E-state index contributed by atoms with van der Waals surface area (Å²) >= 11 is 12.8. The Morgan fingerprint density at radius 2 is 1.18 bits per heavy atom. The van der Waals surface area contributed by atoms with E-state index in [0.717, 1.165) is 44.0 Å². The Kier molecular flexibility index (Phi) is 12.3. The Morgan fingerprint density at radius 3 is 1.72 bits per heavy atom. The largest absolute Gasteiger partial charge is 0.489 e. The minimum atomic E-state index is -0.960. The molecule has 11 heteroatoms. The number of benzene rings is 4. The predicted octanol–water partition coefficient (Wildman–Crippen LogP) is 12.1. The number of nitrogens with zero attached hydrogens (tertiary/aromatic N) is 4. The van der Waals surface area contributed by atoms with Crippen molar-refractivity contribution in [1.82, 2.24) is 14.9 Å². The average molecular weight is 844 g/mol. The average Bonchev–Trinajstić information content (AvgIpc) is 3.64. The molecule has 2 aromatic heterocycles. The summed E-state index contributed by atoms with van der Waals surface area (Å²) in [6, 6.07) is 40.9. The molecule has 1 aliphatic rings. The van der Waals surface area contributed by atoms with Crippen molar-refractivity contribution < 1.29 is 23.8 Å². The number of carbonyl (C=O) groups excluding carboxylic acids is 2. The van der Waals surface area contributed by atoms with Crippen molar-refractivity contribution in [2.24, 2.45) is 0 Å². The lowest BCUT2D eigenvalue weighted by Gasteiger charge is -2.43. The highest BCUT2D eigenvalue weighted by atomic mass is 35.5. The Labute approximate surface area is 361 Å². The molecule has 0 radical (unpaired) electrons. The summed E-state index contributed by atoms with van der Waals surface area (Å²) in [5, 5.41) is 1.07. The summed E-state index contributed by atoms with van der Waals surface area (Å²) in [4.78, 5) is 40.5. The lowest BCUT2D eigenvalue weighted by atomic mass is 9.75. The summed E-state index contributed by atoms with van der Waals surface area (Å²) in [6.45, 7) is 11.6. The van der Waals surface area contributed by atoms with Gasteiger partial charge >= 0.3 is 12.2 Å². The standard InChI is InChI=1S/C49H48Cl2N4O5/c1-47(2,3)59-45(56)55(46(57)60-48(4,5)6)44-43(58-25-24-33-27-40(50)22-23-41(33)51)28-35(30-53-44)34-26-36-31-54(32-42(36)52-29-34)49(37-16-10-7-11-17-37,38-18-12-8-13-19-38)39-20-14-9-15-21-39/h7-23,26-30H,24-25,31-32H2,1-6H3. The van der Waals surface area contributed by atoms with E-state index in [4.69, 9.17) is 47.4 Å². The normalized spacial score (nSPS) is 13.1. The molecule has 3 heterocycles. The van der Waals surface area contributed by atoms with Crippen molar-refractivity contribution in [3.05, 3.63) is 177 Å². The van der Waals surface area contributed by atoms with E-state index in [2.05, 4.69) is 83.8 Å². The minimum absolute atomic E-state index is 0.0851.